The summed E-state index contributed by atoms with van der Waals surface area (Å²) in [4.78, 5) is 0. The van der Waals surface area contributed by atoms with Crippen LogP contribution in [0.1, 0.15) is 25.0 Å². The lowest BCUT2D eigenvalue weighted by molar-refractivity contribution is 0.673. The highest BCUT2D eigenvalue weighted by molar-refractivity contribution is 5.51. The third-order valence-corrected chi connectivity index (χ3v) is 3.01. The predicted octanol–water partition coefficient (Wildman–Crippen LogP) is 4.68. The summed E-state index contributed by atoms with van der Waals surface area (Å²) in [5, 5.41) is 0. The first-order valence-electron chi connectivity index (χ1n) is 5.98. The van der Waals surface area contributed by atoms with Gasteiger partial charge in [-0.3, -0.25) is 0 Å². The molecule has 17 heavy (non-hydrogen) atoms. The highest BCUT2D eigenvalue weighted by atomic mass is 14.2. The fraction of sp³-hybridized carbons (Fsp3) is 0.176. The van der Waals surface area contributed by atoms with Gasteiger partial charge in [0.05, 0.1) is 0 Å². The fourth-order valence-electron chi connectivity index (χ4n) is 1.83. The Balaban J connectivity index is 2.21. The summed E-state index contributed by atoms with van der Waals surface area (Å²) in [5.41, 5.74) is 2.65. The lowest BCUT2D eigenvalue weighted by atomic mass is 9.84. The van der Waals surface area contributed by atoms with Crippen molar-refractivity contribution < 1.29 is 0 Å². The molecule has 0 radical (unpaired) electrons. The molecule has 0 heterocycles. The molecule has 2 rings (SSSR count). The maximum atomic E-state index is 2.26. The van der Waals surface area contributed by atoms with Gasteiger partial charge in [0.25, 0.3) is 0 Å². The number of hydrogen-bond donors (Lipinski definition) is 0. The average molecular weight is 222 g/mol. The van der Waals surface area contributed by atoms with Crippen LogP contribution in [0, 0.1) is 0 Å². The van der Waals surface area contributed by atoms with Crippen LogP contribution in [0.5, 0.6) is 0 Å². The minimum Gasteiger partial charge on any atom is -0.0739 e. The highest BCUT2D eigenvalue weighted by Gasteiger charge is 2.15. The summed E-state index contributed by atoms with van der Waals surface area (Å²) < 4.78 is 0. The van der Waals surface area contributed by atoms with Crippen LogP contribution in [0.25, 0.3) is 6.08 Å². The summed E-state index contributed by atoms with van der Waals surface area (Å²) in [5.74, 6) is 0. The molecule has 0 N–H and O–H groups in total. The zero-order chi connectivity index (χ0) is 12.1. The second kappa shape index (κ2) is 5.01. The van der Waals surface area contributed by atoms with Gasteiger partial charge in [0.1, 0.15) is 0 Å². The molecule has 2 aromatic rings. The van der Waals surface area contributed by atoms with Crippen molar-refractivity contribution >= 4 is 6.08 Å². The zero-order valence-corrected chi connectivity index (χ0v) is 10.4. The molecule has 0 aliphatic rings. The van der Waals surface area contributed by atoms with Crippen molar-refractivity contribution in [3.8, 4) is 0 Å². The SMILES string of the molecule is CC(C)(/C=C/c1ccccc1)c1ccccc1. The Morgan fingerprint density at radius 3 is 1.88 bits per heavy atom. The number of rotatable bonds is 3. The molecular weight excluding hydrogens is 204 g/mol. The molecule has 0 bridgehead atoms. The summed E-state index contributed by atoms with van der Waals surface area (Å²) in [6.07, 6.45) is 4.45. The van der Waals surface area contributed by atoms with Crippen LogP contribution >= 0.6 is 0 Å². The second-order valence-corrected chi connectivity index (χ2v) is 4.83. The largest absolute Gasteiger partial charge is 0.0739 e. The highest BCUT2D eigenvalue weighted by Crippen LogP contribution is 2.25. The van der Waals surface area contributed by atoms with Crippen molar-refractivity contribution in [1.82, 2.24) is 0 Å². The van der Waals surface area contributed by atoms with Crippen molar-refractivity contribution in [2.45, 2.75) is 19.3 Å². The Kier molecular flexibility index (Phi) is 3.43. The van der Waals surface area contributed by atoms with Crippen molar-refractivity contribution in [3.05, 3.63) is 77.9 Å². The van der Waals surface area contributed by atoms with Gasteiger partial charge in [-0.1, -0.05) is 86.7 Å². The predicted molar refractivity (Wildman–Crippen MR) is 74.9 cm³/mol. The van der Waals surface area contributed by atoms with E-state index in [-0.39, 0.29) is 5.41 Å². The van der Waals surface area contributed by atoms with Crippen molar-refractivity contribution in [2.75, 3.05) is 0 Å². The van der Waals surface area contributed by atoms with Gasteiger partial charge in [-0.2, -0.15) is 0 Å². The first kappa shape index (κ1) is 11.7. The molecule has 0 unspecified atom stereocenters. The summed E-state index contributed by atoms with van der Waals surface area (Å²) >= 11 is 0. The number of benzene rings is 2. The van der Waals surface area contributed by atoms with Crippen LogP contribution in [0.4, 0.5) is 0 Å². The molecule has 0 aliphatic heterocycles. The quantitative estimate of drug-likeness (QED) is 0.707. The van der Waals surface area contributed by atoms with Gasteiger partial charge >= 0.3 is 0 Å². The molecule has 0 amide bonds. The molecule has 0 aromatic heterocycles. The van der Waals surface area contributed by atoms with E-state index in [4.69, 9.17) is 0 Å². The fourth-order valence-corrected chi connectivity index (χ4v) is 1.83. The van der Waals surface area contributed by atoms with E-state index < -0.39 is 0 Å². The molecule has 86 valence electrons. The Hall–Kier alpha value is -1.82. The molecule has 0 heteroatoms. The van der Waals surface area contributed by atoms with Gasteiger partial charge in [0.2, 0.25) is 0 Å². The summed E-state index contributed by atoms with van der Waals surface area (Å²) in [7, 11) is 0. The minimum atomic E-state index is 0.0666. The Morgan fingerprint density at radius 1 is 0.765 bits per heavy atom. The molecule has 0 saturated heterocycles. The van der Waals surface area contributed by atoms with Gasteiger partial charge in [0, 0.05) is 5.41 Å². The van der Waals surface area contributed by atoms with Crippen molar-refractivity contribution in [3.63, 3.8) is 0 Å². The van der Waals surface area contributed by atoms with Gasteiger partial charge < -0.3 is 0 Å². The van der Waals surface area contributed by atoms with Crippen molar-refractivity contribution in [1.29, 1.82) is 0 Å². The van der Waals surface area contributed by atoms with Crippen LogP contribution in [-0.4, -0.2) is 0 Å². The Labute approximate surface area is 104 Å². The Bertz CT molecular complexity index is 478. The molecule has 0 spiro atoms. The minimum absolute atomic E-state index is 0.0666. The maximum Gasteiger partial charge on any atom is 0.00786 e. The van der Waals surface area contributed by atoms with Gasteiger partial charge in [-0.25, -0.2) is 0 Å². The van der Waals surface area contributed by atoms with E-state index >= 15 is 0 Å². The van der Waals surface area contributed by atoms with E-state index in [0.717, 1.165) is 0 Å². The van der Waals surface area contributed by atoms with Crippen molar-refractivity contribution in [2.24, 2.45) is 0 Å². The zero-order valence-electron chi connectivity index (χ0n) is 10.4. The molecule has 0 nitrogen and oxygen atoms in total. The standard InChI is InChI=1S/C17H18/c1-17(2,16-11-7-4-8-12-16)14-13-15-9-5-3-6-10-15/h3-14H,1-2H3/b14-13+. The van der Waals surface area contributed by atoms with E-state index in [9.17, 15) is 0 Å². The number of allylic oxidation sites excluding steroid dienone is 1. The van der Waals surface area contributed by atoms with E-state index in [1.165, 1.54) is 11.1 Å². The van der Waals surface area contributed by atoms with Crippen LogP contribution in [0.3, 0.4) is 0 Å². The third kappa shape index (κ3) is 3.07. The van der Waals surface area contributed by atoms with Crippen LogP contribution in [0.2, 0.25) is 0 Å². The van der Waals surface area contributed by atoms with Gasteiger partial charge in [-0.15, -0.1) is 0 Å². The lowest BCUT2D eigenvalue weighted by Gasteiger charge is -2.20. The lowest BCUT2D eigenvalue weighted by Crippen LogP contribution is -2.12. The molecule has 0 saturated carbocycles. The first-order valence-corrected chi connectivity index (χ1v) is 5.98. The summed E-state index contributed by atoms with van der Waals surface area (Å²) in [6, 6.07) is 21.0. The third-order valence-electron chi connectivity index (χ3n) is 3.01. The molecule has 0 atom stereocenters. The topological polar surface area (TPSA) is 0 Å². The maximum absolute atomic E-state index is 2.26. The van der Waals surface area contributed by atoms with E-state index in [0.29, 0.717) is 0 Å². The molecule has 2 aromatic carbocycles. The first-order chi connectivity index (χ1) is 8.18. The normalized spacial score (nSPS) is 11.9. The van der Waals surface area contributed by atoms with Gasteiger partial charge in [0.15, 0.2) is 0 Å². The van der Waals surface area contributed by atoms with Crippen LogP contribution < -0.4 is 0 Å². The van der Waals surface area contributed by atoms with Gasteiger partial charge in [-0.05, 0) is 11.1 Å². The molecular formula is C17H18. The second-order valence-electron chi connectivity index (χ2n) is 4.83. The molecule has 0 fully saturated rings. The average Bonchev–Trinajstić information content (AvgIpc) is 2.39. The number of hydrogen-bond acceptors (Lipinski definition) is 0. The van der Waals surface area contributed by atoms with E-state index in [1.807, 2.05) is 6.07 Å². The molecule has 0 aliphatic carbocycles. The van der Waals surface area contributed by atoms with Crippen LogP contribution in [0.15, 0.2) is 66.7 Å². The van der Waals surface area contributed by atoms with E-state index in [1.54, 1.807) is 0 Å². The monoisotopic (exact) mass is 222 g/mol. The Morgan fingerprint density at radius 2 is 1.29 bits per heavy atom. The smallest absolute Gasteiger partial charge is 0.00786 e. The van der Waals surface area contributed by atoms with E-state index in [2.05, 4.69) is 80.6 Å². The summed E-state index contributed by atoms with van der Waals surface area (Å²) in [6.45, 7) is 4.48. The van der Waals surface area contributed by atoms with Crippen LogP contribution in [-0.2, 0) is 5.41 Å².